The highest BCUT2D eigenvalue weighted by molar-refractivity contribution is 7.91. The van der Waals surface area contributed by atoms with Crippen molar-refractivity contribution in [3.63, 3.8) is 0 Å². The van der Waals surface area contributed by atoms with Crippen LogP contribution in [0.3, 0.4) is 0 Å². The summed E-state index contributed by atoms with van der Waals surface area (Å²) in [5.74, 6) is 0. The first kappa shape index (κ1) is 17.6. The number of nitrogens with one attached hydrogen (secondary N) is 2. The van der Waals surface area contributed by atoms with Crippen molar-refractivity contribution in [2.75, 3.05) is 33.9 Å². The smallest absolute Gasteiger partial charge is 0.250 e. The van der Waals surface area contributed by atoms with Crippen LogP contribution in [-0.4, -0.2) is 42.3 Å². The third kappa shape index (κ3) is 6.32. The molecule has 0 spiro atoms. The summed E-state index contributed by atoms with van der Waals surface area (Å²) < 4.78 is 32.1. The minimum Gasteiger partial charge on any atom is -0.385 e. The number of unbranched alkanes of at least 4 members (excludes halogenated alkanes) is 2. The van der Waals surface area contributed by atoms with Gasteiger partial charge < -0.3 is 10.1 Å². The van der Waals surface area contributed by atoms with Crippen molar-refractivity contribution in [2.45, 2.75) is 29.9 Å². The Labute approximate surface area is 125 Å². The predicted octanol–water partition coefficient (Wildman–Crippen LogP) is 1.60. The summed E-state index contributed by atoms with van der Waals surface area (Å²) in [6.45, 7) is 2.06. The van der Waals surface area contributed by atoms with E-state index in [4.69, 9.17) is 4.74 Å². The topological polar surface area (TPSA) is 67.4 Å². The normalized spacial score (nSPS) is 11.9. The molecule has 0 aliphatic heterocycles. The van der Waals surface area contributed by atoms with E-state index in [0.717, 1.165) is 43.7 Å². The van der Waals surface area contributed by atoms with Gasteiger partial charge in [0.05, 0.1) is 0 Å². The van der Waals surface area contributed by atoms with E-state index < -0.39 is 10.0 Å². The van der Waals surface area contributed by atoms with Gasteiger partial charge in [-0.1, -0.05) is 0 Å². The van der Waals surface area contributed by atoms with E-state index in [2.05, 4.69) is 10.0 Å². The van der Waals surface area contributed by atoms with E-state index in [1.807, 2.05) is 13.1 Å². The van der Waals surface area contributed by atoms with Crippen LogP contribution in [-0.2, 0) is 21.2 Å². The maximum absolute atomic E-state index is 12.1. The Morgan fingerprint density at radius 2 is 2.00 bits per heavy atom. The number of ether oxygens (including phenoxy) is 1. The van der Waals surface area contributed by atoms with Crippen LogP contribution in [0.2, 0.25) is 0 Å². The van der Waals surface area contributed by atoms with Gasteiger partial charge in [-0.15, -0.1) is 11.3 Å². The van der Waals surface area contributed by atoms with E-state index in [1.165, 1.54) is 11.3 Å². The van der Waals surface area contributed by atoms with Crippen LogP contribution in [0.4, 0.5) is 0 Å². The van der Waals surface area contributed by atoms with Crippen molar-refractivity contribution < 1.29 is 13.2 Å². The minimum atomic E-state index is -3.34. The van der Waals surface area contributed by atoms with Crippen LogP contribution < -0.4 is 10.0 Å². The molecule has 20 heavy (non-hydrogen) atoms. The summed E-state index contributed by atoms with van der Waals surface area (Å²) in [4.78, 5) is 1.08. The maximum atomic E-state index is 12.1. The second kappa shape index (κ2) is 9.46. The average Bonchev–Trinajstić information content (AvgIpc) is 2.90. The van der Waals surface area contributed by atoms with Crippen molar-refractivity contribution in [2.24, 2.45) is 0 Å². The molecule has 0 fully saturated rings. The van der Waals surface area contributed by atoms with Gasteiger partial charge in [0.2, 0.25) is 10.0 Å². The fourth-order valence-electron chi connectivity index (χ4n) is 1.71. The number of methoxy groups -OCH3 is 1. The highest BCUT2D eigenvalue weighted by atomic mass is 32.2. The van der Waals surface area contributed by atoms with Gasteiger partial charge in [0.1, 0.15) is 4.21 Å². The first-order chi connectivity index (χ1) is 9.60. The SMILES string of the molecule is CNCCc1ccc(S(=O)(=O)NCCCCCOC)s1. The summed E-state index contributed by atoms with van der Waals surface area (Å²) in [7, 11) is 0.217. The Balaban J connectivity index is 2.38. The van der Waals surface area contributed by atoms with Gasteiger partial charge >= 0.3 is 0 Å². The lowest BCUT2D eigenvalue weighted by atomic mass is 10.2. The molecule has 0 aliphatic carbocycles. The van der Waals surface area contributed by atoms with Gasteiger partial charge in [0.25, 0.3) is 0 Å². The first-order valence-corrected chi connectivity index (χ1v) is 9.12. The number of hydrogen-bond donors (Lipinski definition) is 2. The zero-order valence-corrected chi connectivity index (χ0v) is 13.8. The second-order valence-corrected chi connectivity index (χ2v) is 7.69. The zero-order chi connectivity index (χ0) is 14.8. The summed E-state index contributed by atoms with van der Waals surface area (Å²) in [5, 5.41) is 3.05. The fourth-order valence-corrected chi connectivity index (χ4v) is 4.19. The van der Waals surface area contributed by atoms with Gasteiger partial charge in [-0.05, 0) is 51.4 Å². The Bertz CT molecular complexity index is 472. The molecule has 2 N–H and O–H groups in total. The largest absolute Gasteiger partial charge is 0.385 e. The third-order valence-electron chi connectivity index (χ3n) is 2.84. The fraction of sp³-hybridized carbons (Fsp3) is 0.692. The maximum Gasteiger partial charge on any atom is 0.250 e. The van der Waals surface area contributed by atoms with Crippen LogP contribution in [0.15, 0.2) is 16.3 Å². The molecule has 0 saturated heterocycles. The lowest BCUT2D eigenvalue weighted by Crippen LogP contribution is -2.24. The molecule has 0 saturated carbocycles. The van der Waals surface area contributed by atoms with Crippen LogP contribution in [0.1, 0.15) is 24.1 Å². The summed E-state index contributed by atoms with van der Waals surface area (Å²) in [6.07, 6.45) is 3.62. The second-order valence-electron chi connectivity index (χ2n) is 4.53. The number of rotatable bonds is 11. The minimum absolute atomic E-state index is 0.403. The molecule has 0 bridgehead atoms. The van der Waals surface area contributed by atoms with E-state index in [0.29, 0.717) is 10.8 Å². The van der Waals surface area contributed by atoms with Crippen LogP contribution in [0.25, 0.3) is 0 Å². The monoisotopic (exact) mass is 320 g/mol. The number of thiophene rings is 1. The van der Waals surface area contributed by atoms with Gasteiger partial charge in [-0.2, -0.15) is 0 Å². The molecule has 1 heterocycles. The Kier molecular flexibility index (Phi) is 8.32. The van der Waals surface area contributed by atoms with Crippen molar-refractivity contribution in [3.05, 3.63) is 17.0 Å². The molecule has 0 amide bonds. The molecule has 7 heteroatoms. The van der Waals surface area contributed by atoms with Crippen LogP contribution in [0.5, 0.6) is 0 Å². The van der Waals surface area contributed by atoms with Crippen molar-refractivity contribution in [1.82, 2.24) is 10.0 Å². The predicted molar refractivity (Wildman–Crippen MR) is 82.9 cm³/mol. The zero-order valence-electron chi connectivity index (χ0n) is 12.1. The van der Waals surface area contributed by atoms with E-state index in [9.17, 15) is 8.42 Å². The molecule has 1 aromatic heterocycles. The third-order valence-corrected chi connectivity index (χ3v) is 5.94. The Morgan fingerprint density at radius 3 is 2.70 bits per heavy atom. The van der Waals surface area contributed by atoms with E-state index in [-0.39, 0.29) is 0 Å². The average molecular weight is 320 g/mol. The van der Waals surface area contributed by atoms with E-state index >= 15 is 0 Å². The van der Waals surface area contributed by atoms with Gasteiger partial charge in [-0.25, -0.2) is 13.1 Å². The van der Waals surface area contributed by atoms with Gasteiger partial charge in [0, 0.05) is 25.1 Å². The quantitative estimate of drug-likeness (QED) is 0.608. The van der Waals surface area contributed by atoms with Crippen molar-refractivity contribution in [1.29, 1.82) is 0 Å². The standard InChI is InChI=1S/C13H24N2O3S2/c1-14-10-8-12-6-7-13(19-12)20(16,17)15-9-4-3-5-11-18-2/h6-7,14-15H,3-5,8-11H2,1-2H3. The lowest BCUT2D eigenvalue weighted by Gasteiger charge is -2.04. The highest BCUT2D eigenvalue weighted by Gasteiger charge is 2.15. The Hall–Kier alpha value is -0.470. The summed E-state index contributed by atoms with van der Waals surface area (Å²) in [6, 6.07) is 3.57. The molecule has 1 rings (SSSR count). The first-order valence-electron chi connectivity index (χ1n) is 6.82. The van der Waals surface area contributed by atoms with Gasteiger partial charge in [-0.3, -0.25) is 0 Å². The molecular formula is C13H24N2O3S2. The molecule has 0 unspecified atom stereocenters. The summed E-state index contributed by atoms with van der Waals surface area (Å²) in [5.41, 5.74) is 0. The number of hydrogen-bond acceptors (Lipinski definition) is 5. The molecule has 0 atom stereocenters. The Morgan fingerprint density at radius 1 is 1.20 bits per heavy atom. The molecule has 0 aromatic carbocycles. The van der Waals surface area contributed by atoms with Crippen molar-refractivity contribution >= 4 is 21.4 Å². The molecule has 1 aromatic rings. The summed E-state index contributed by atoms with van der Waals surface area (Å²) >= 11 is 1.34. The molecular weight excluding hydrogens is 296 g/mol. The van der Waals surface area contributed by atoms with Gasteiger partial charge in [0.15, 0.2) is 0 Å². The molecule has 0 radical (unpaired) electrons. The van der Waals surface area contributed by atoms with E-state index in [1.54, 1.807) is 13.2 Å². The van der Waals surface area contributed by atoms with Crippen LogP contribution in [0, 0.1) is 0 Å². The highest BCUT2D eigenvalue weighted by Crippen LogP contribution is 2.21. The van der Waals surface area contributed by atoms with Crippen molar-refractivity contribution in [3.8, 4) is 0 Å². The molecule has 0 aliphatic rings. The lowest BCUT2D eigenvalue weighted by molar-refractivity contribution is 0.192. The molecule has 5 nitrogen and oxygen atoms in total. The molecule has 116 valence electrons. The number of likely N-dealkylation sites (N-methyl/N-ethyl adjacent to an activating group) is 1. The van der Waals surface area contributed by atoms with Crippen LogP contribution >= 0.6 is 11.3 Å². The number of sulfonamides is 1.